The molecule has 0 saturated carbocycles. The molecule has 102 valence electrons. The van der Waals surface area contributed by atoms with Gasteiger partial charge >= 0.3 is 0 Å². The number of nitrogens with zero attached hydrogens (tertiary/aromatic N) is 1. The first-order valence-electron chi connectivity index (χ1n) is 6.64. The molecule has 0 amide bonds. The van der Waals surface area contributed by atoms with Gasteiger partial charge in [0.1, 0.15) is 5.75 Å². The van der Waals surface area contributed by atoms with Gasteiger partial charge in [-0.05, 0) is 18.6 Å². The van der Waals surface area contributed by atoms with Crippen LogP contribution in [0.1, 0.15) is 31.9 Å². The summed E-state index contributed by atoms with van der Waals surface area (Å²) in [4.78, 5) is 4.35. The quantitative estimate of drug-likeness (QED) is 0.649. The van der Waals surface area contributed by atoms with Crippen LogP contribution >= 0.6 is 0 Å². The van der Waals surface area contributed by atoms with Crippen LogP contribution in [-0.4, -0.2) is 31.9 Å². The molecule has 1 N–H and O–H groups in total. The lowest BCUT2D eigenvalue weighted by Crippen LogP contribution is -2.19. The van der Waals surface area contributed by atoms with Crippen molar-refractivity contribution < 1.29 is 9.47 Å². The van der Waals surface area contributed by atoms with E-state index in [2.05, 4.69) is 17.2 Å². The van der Waals surface area contributed by atoms with E-state index in [1.54, 1.807) is 13.3 Å². The summed E-state index contributed by atoms with van der Waals surface area (Å²) in [6.07, 6.45) is 5.33. The number of hydrogen-bond acceptors (Lipinski definition) is 4. The Bertz CT molecular complexity index is 270. The van der Waals surface area contributed by atoms with Crippen molar-refractivity contribution in [3.8, 4) is 5.75 Å². The second-order valence-corrected chi connectivity index (χ2v) is 4.21. The summed E-state index contributed by atoms with van der Waals surface area (Å²) in [7, 11) is 1.70. The van der Waals surface area contributed by atoms with Crippen molar-refractivity contribution in [3.63, 3.8) is 0 Å². The van der Waals surface area contributed by atoms with Crippen molar-refractivity contribution in [3.05, 3.63) is 24.0 Å². The molecule has 4 nitrogen and oxygen atoms in total. The molecule has 4 heteroatoms. The van der Waals surface area contributed by atoms with Crippen LogP contribution in [0, 0.1) is 0 Å². The van der Waals surface area contributed by atoms with Crippen LogP contribution in [0.2, 0.25) is 0 Å². The third kappa shape index (κ3) is 6.57. The number of aromatic nitrogens is 1. The van der Waals surface area contributed by atoms with Gasteiger partial charge in [-0.25, -0.2) is 0 Å². The van der Waals surface area contributed by atoms with Crippen LogP contribution < -0.4 is 10.1 Å². The van der Waals surface area contributed by atoms with Crippen molar-refractivity contribution in [1.82, 2.24) is 10.3 Å². The maximum Gasteiger partial charge on any atom is 0.137 e. The molecule has 0 unspecified atom stereocenters. The molecule has 0 spiro atoms. The van der Waals surface area contributed by atoms with Crippen LogP contribution in [-0.2, 0) is 11.3 Å². The highest BCUT2D eigenvalue weighted by molar-refractivity contribution is 5.19. The third-order valence-corrected chi connectivity index (χ3v) is 2.60. The lowest BCUT2D eigenvalue weighted by atomic mass is 10.3. The highest BCUT2D eigenvalue weighted by atomic mass is 16.5. The van der Waals surface area contributed by atoms with Gasteiger partial charge in [-0.15, -0.1) is 0 Å². The minimum absolute atomic E-state index is 0.721. The van der Waals surface area contributed by atoms with Gasteiger partial charge in [-0.3, -0.25) is 4.98 Å². The van der Waals surface area contributed by atoms with Gasteiger partial charge in [-0.1, -0.05) is 19.8 Å². The van der Waals surface area contributed by atoms with Crippen LogP contribution in [0.25, 0.3) is 0 Å². The van der Waals surface area contributed by atoms with Crippen molar-refractivity contribution in [2.24, 2.45) is 0 Å². The van der Waals surface area contributed by atoms with Gasteiger partial charge < -0.3 is 14.8 Å². The zero-order valence-corrected chi connectivity index (χ0v) is 11.4. The van der Waals surface area contributed by atoms with E-state index in [4.69, 9.17) is 9.47 Å². The van der Waals surface area contributed by atoms with Crippen molar-refractivity contribution in [2.75, 3.05) is 26.9 Å². The van der Waals surface area contributed by atoms with E-state index < -0.39 is 0 Å². The number of hydrogen-bond donors (Lipinski definition) is 1. The Morgan fingerprint density at radius 3 is 2.78 bits per heavy atom. The normalized spacial score (nSPS) is 10.6. The van der Waals surface area contributed by atoms with Crippen LogP contribution in [0.3, 0.4) is 0 Å². The molecule has 0 aliphatic rings. The fourth-order valence-electron chi connectivity index (χ4n) is 1.53. The third-order valence-electron chi connectivity index (χ3n) is 2.60. The molecule has 1 aromatic heterocycles. The zero-order valence-electron chi connectivity index (χ0n) is 11.4. The van der Waals surface area contributed by atoms with E-state index in [0.29, 0.717) is 0 Å². The highest BCUT2D eigenvalue weighted by Crippen LogP contribution is 2.10. The summed E-state index contributed by atoms with van der Waals surface area (Å²) in [6, 6.07) is 3.97. The number of nitrogens with one attached hydrogen (secondary N) is 1. The molecule has 0 aliphatic heterocycles. The molecule has 1 rings (SSSR count). The van der Waals surface area contributed by atoms with E-state index in [1.807, 2.05) is 12.1 Å². The van der Waals surface area contributed by atoms with Gasteiger partial charge in [0.25, 0.3) is 0 Å². The van der Waals surface area contributed by atoms with Gasteiger partial charge in [0.05, 0.1) is 25.1 Å². The van der Waals surface area contributed by atoms with Crippen LogP contribution in [0.4, 0.5) is 0 Å². The van der Waals surface area contributed by atoms with E-state index in [-0.39, 0.29) is 0 Å². The summed E-state index contributed by atoms with van der Waals surface area (Å²) >= 11 is 0. The fraction of sp³-hybridized carbons (Fsp3) is 0.643. The second kappa shape index (κ2) is 9.85. The van der Waals surface area contributed by atoms with E-state index in [1.165, 1.54) is 12.8 Å². The number of methoxy groups -OCH3 is 1. The Balaban J connectivity index is 2.20. The molecular weight excluding hydrogens is 228 g/mol. The van der Waals surface area contributed by atoms with Crippen LogP contribution in [0.15, 0.2) is 18.3 Å². The molecule has 0 saturated heterocycles. The first-order chi connectivity index (χ1) is 8.86. The number of ether oxygens (including phenoxy) is 2. The van der Waals surface area contributed by atoms with Crippen molar-refractivity contribution >= 4 is 0 Å². The van der Waals surface area contributed by atoms with Gasteiger partial charge in [0.15, 0.2) is 0 Å². The zero-order chi connectivity index (χ0) is 13.1. The topological polar surface area (TPSA) is 43.4 Å². The largest absolute Gasteiger partial charge is 0.492 e. The molecule has 1 heterocycles. The Labute approximate surface area is 110 Å². The van der Waals surface area contributed by atoms with Gasteiger partial charge in [0.2, 0.25) is 0 Å². The summed E-state index contributed by atoms with van der Waals surface area (Å²) in [6.45, 7) is 5.29. The van der Waals surface area contributed by atoms with E-state index in [0.717, 1.165) is 44.2 Å². The molecule has 1 aromatic rings. The first kappa shape index (κ1) is 14.9. The maximum atomic E-state index is 5.60. The smallest absolute Gasteiger partial charge is 0.137 e. The molecule has 0 bridgehead atoms. The monoisotopic (exact) mass is 252 g/mol. The average Bonchev–Trinajstić information content (AvgIpc) is 2.41. The Hall–Kier alpha value is -1.13. The molecule has 18 heavy (non-hydrogen) atoms. The maximum absolute atomic E-state index is 5.60. The number of unbranched alkanes of at least 4 members (excludes halogenated alkanes) is 2. The Morgan fingerprint density at radius 2 is 2.11 bits per heavy atom. The molecular formula is C14H24N2O2. The second-order valence-electron chi connectivity index (χ2n) is 4.21. The first-order valence-corrected chi connectivity index (χ1v) is 6.64. The Kier molecular flexibility index (Phi) is 8.17. The fourth-order valence-corrected chi connectivity index (χ4v) is 1.53. The summed E-state index contributed by atoms with van der Waals surface area (Å²) in [5, 5.41) is 3.25. The molecule has 0 atom stereocenters. The predicted molar refractivity (Wildman–Crippen MR) is 72.8 cm³/mol. The minimum Gasteiger partial charge on any atom is -0.492 e. The van der Waals surface area contributed by atoms with E-state index >= 15 is 0 Å². The summed E-state index contributed by atoms with van der Waals surface area (Å²) in [5.41, 5.74) is 1.02. The molecule has 0 aromatic carbocycles. The van der Waals surface area contributed by atoms with Gasteiger partial charge in [0, 0.05) is 20.2 Å². The molecule has 0 aliphatic carbocycles. The van der Waals surface area contributed by atoms with Gasteiger partial charge in [-0.2, -0.15) is 0 Å². The number of rotatable bonds is 10. The lowest BCUT2D eigenvalue weighted by molar-refractivity contribution is 0.199. The Morgan fingerprint density at radius 1 is 1.22 bits per heavy atom. The minimum atomic E-state index is 0.721. The summed E-state index contributed by atoms with van der Waals surface area (Å²) in [5.74, 6) is 0.853. The summed E-state index contributed by atoms with van der Waals surface area (Å²) < 4.78 is 10.6. The average molecular weight is 252 g/mol. The highest BCUT2D eigenvalue weighted by Gasteiger charge is 1.97. The van der Waals surface area contributed by atoms with Crippen molar-refractivity contribution in [2.45, 2.75) is 32.7 Å². The van der Waals surface area contributed by atoms with E-state index in [9.17, 15) is 0 Å². The van der Waals surface area contributed by atoms with Crippen molar-refractivity contribution in [1.29, 1.82) is 0 Å². The molecule has 0 fully saturated rings. The van der Waals surface area contributed by atoms with Crippen LogP contribution in [0.5, 0.6) is 5.75 Å². The predicted octanol–water partition coefficient (Wildman–Crippen LogP) is 2.39. The molecule has 0 radical (unpaired) electrons. The lowest BCUT2D eigenvalue weighted by Gasteiger charge is -2.07. The number of pyridine rings is 1. The standard InChI is InChI=1S/C14H24N2O2/c1-3-4-5-9-18-14-7-6-13(16-12-14)11-15-8-10-17-2/h6-7,12,15H,3-5,8-11H2,1-2H3. The SMILES string of the molecule is CCCCCOc1ccc(CNCCOC)nc1.